The van der Waals surface area contributed by atoms with Crippen molar-refractivity contribution in [3.8, 4) is 0 Å². The number of piperidine rings is 1. The average molecular weight is 256 g/mol. The maximum Gasteiger partial charge on any atom is 0.0543 e. The van der Waals surface area contributed by atoms with Gasteiger partial charge in [0.1, 0.15) is 0 Å². The second-order valence-corrected chi connectivity index (χ2v) is 5.63. The Morgan fingerprint density at radius 2 is 2.05 bits per heavy atom. The Labute approximate surface area is 113 Å². The number of hydrogen-bond acceptors (Lipinski definition) is 3. The van der Waals surface area contributed by atoms with Crippen molar-refractivity contribution in [1.29, 1.82) is 0 Å². The van der Waals surface area contributed by atoms with E-state index in [1.807, 2.05) is 18.5 Å². The Bertz CT molecular complexity index is 498. The molecule has 1 aliphatic rings. The van der Waals surface area contributed by atoms with Crippen LogP contribution >= 0.6 is 0 Å². The number of pyridine rings is 1. The lowest BCUT2D eigenvalue weighted by atomic mass is 9.77. The van der Waals surface area contributed by atoms with Crippen LogP contribution in [0, 0.1) is 0 Å². The maximum atomic E-state index is 4.40. The Hall–Kier alpha value is -1.68. The van der Waals surface area contributed by atoms with Crippen molar-refractivity contribution in [2.45, 2.75) is 31.7 Å². The number of H-pyrrole nitrogens is 1. The summed E-state index contributed by atoms with van der Waals surface area (Å²) in [6.45, 7) is 5.52. The predicted octanol–water partition coefficient (Wildman–Crippen LogP) is 2.36. The molecule has 1 saturated heterocycles. The van der Waals surface area contributed by atoms with Crippen LogP contribution < -0.4 is 0 Å². The van der Waals surface area contributed by atoms with Gasteiger partial charge >= 0.3 is 0 Å². The monoisotopic (exact) mass is 256 g/mol. The number of likely N-dealkylation sites (tertiary alicyclic amines) is 1. The van der Waals surface area contributed by atoms with Crippen LogP contribution in [0.25, 0.3) is 0 Å². The van der Waals surface area contributed by atoms with Gasteiger partial charge in [-0.25, -0.2) is 0 Å². The van der Waals surface area contributed by atoms with E-state index in [4.69, 9.17) is 0 Å². The minimum Gasteiger partial charge on any atom is -0.297 e. The average Bonchev–Trinajstić information content (AvgIpc) is 2.98. The first-order valence-corrected chi connectivity index (χ1v) is 6.88. The molecule has 0 bridgehead atoms. The van der Waals surface area contributed by atoms with Gasteiger partial charge in [-0.3, -0.25) is 15.0 Å². The molecule has 1 aliphatic heterocycles. The van der Waals surface area contributed by atoms with Crippen LogP contribution in [0.15, 0.2) is 36.7 Å². The Balaban J connectivity index is 1.61. The zero-order valence-electron chi connectivity index (χ0n) is 11.3. The highest BCUT2D eigenvalue weighted by atomic mass is 15.1. The molecule has 0 aromatic carbocycles. The molecule has 1 fully saturated rings. The second kappa shape index (κ2) is 5.13. The lowest BCUT2D eigenvalue weighted by Gasteiger charge is -2.38. The maximum absolute atomic E-state index is 4.40. The highest BCUT2D eigenvalue weighted by Gasteiger charge is 2.32. The molecule has 2 aromatic heterocycles. The van der Waals surface area contributed by atoms with Crippen molar-refractivity contribution < 1.29 is 0 Å². The number of aromatic amines is 1. The Kier molecular flexibility index (Phi) is 3.34. The zero-order valence-corrected chi connectivity index (χ0v) is 11.3. The summed E-state index contributed by atoms with van der Waals surface area (Å²) < 4.78 is 0. The lowest BCUT2D eigenvalue weighted by Crippen LogP contribution is -2.40. The van der Waals surface area contributed by atoms with Crippen LogP contribution in [0.2, 0.25) is 0 Å². The molecule has 0 unspecified atom stereocenters. The van der Waals surface area contributed by atoms with E-state index in [-0.39, 0.29) is 5.41 Å². The number of nitrogens with one attached hydrogen (secondary N) is 1. The number of rotatable bonds is 3. The van der Waals surface area contributed by atoms with Gasteiger partial charge in [-0.15, -0.1) is 0 Å². The minimum atomic E-state index is 0.247. The van der Waals surface area contributed by atoms with Crippen molar-refractivity contribution in [2.75, 3.05) is 13.1 Å². The van der Waals surface area contributed by atoms with E-state index in [0.29, 0.717) is 0 Å². The zero-order chi connectivity index (χ0) is 13.1. The summed E-state index contributed by atoms with van der Waals surface area (Å²) in [5.74, 6) is 0. The number of nitrogens with zero attached hydrogens (tertiary/aromatic N) is 3. The van der Waals surface area contributed by atoms with E-state index in [9.17, 15) is 0 Å². The summed E-state index contributed by atoms with van der Waals surface area (Å²) in [5.41, 5.74) is 2.68. The van der Waals surface area contributed by atoms with Crippen molar-refractivity contribution >= 4 is 0 Å². The van der Waals surface area contributed by atoms with E-state index in [2.05, 4.69) is 45.2 Å². The van der Waals surface area contributed by atoms with Crippen LogP contribution in [0.5, 0.6) is 0 Å². The van der Waals surface area contributed by atoms with Crippen LogP contribution in [0.3, 0.4) is 0 Å². The molecule has 0 radical (unpaired) electrons. The van der Waals surface area contributed by atoms with Gasteiger partial charge in [0.25, 0.3) is 0 Å². The van der Waals surface area contributed by atoms with Crippen LogP contribution in [-0.2, 0) is 12.0 Å². The number of aromatic nitrogens is 3. The molecule has 100 valence electrons. The molecule has 0 saturated carbocycles. The molecule has 0 atom stereocenters. The van der Waals surface area contributed by atoms with Gasteiger partial charge in [-0.2, -0.15) is 5.10 Å². The summed E-state index contributed by atoms with van der Waals surface area (Å²) >= 11 is 0. The second-order valence-electron chi connectivity index (χ2n) is 5.63. The molecule has 3 rings (SSSR count). The van der Waals surface area contributed by atoms with Gasteiger partial charge in [0.15, 0.2) is 0 Å². The van der Waals surface area contributed by atoms with E-state index in [0.717, 1.165) is 25.3 Å². The molecule has 4 nitrogen and oxygen atoms in total. The first-order chi connectivity index (χ1) is 9.26. The molecule has 3 heterocycles. The van der Waals surface area contributed by atoms with Crippen molar-refractivity contribution in [1.82, 2.24) is 20.1 Å². The Morgan fingerprint density at radius 3 is 2.68 bits per heavy atom. The molecule has 0 spiro atoms. The van der Waals surface area contributed by atoms with E-state index in [1.165, 1.54) is 18.5 Å². The van der Waals surface area contributed by atoms with E-state index >= 15 is 0 Å². The minimum absolute atomic E-state index is 0.247. The highest BCUT2D eigenvalue weighted by Crippen LogP contribution is 2.33. The van der Waals surface area contributed by atoms with E-state index < -0.39 is 0 Å². The summed E-state index contributed by atoms with van der Waals surface area (Å²) in [6.07, 6.45) is 6.05. The third-order valence-electron chi connectivity index (χ3n) is 4.22. The number of hydrogen-bond donors (Lipinski definition) is 1. The molecule has 2 aromatic rings. The van der Waals surface area contributed by atoms with Gasteiger partial charge < -0.3 is 0 Å². The fourth-order valence-electron chi connectivity index (χ4n) is 2.79. The van der Waals surface area contributed by atoms with Crippen molar-refractivity contribution in [3.05, 3.63) is 48.0 Å². The molecule has 19 heavy (non-hydrogen) atoms. The predicted molar refractivity (Wildman–Crippen MR) is 74.7 cm³/mol. The fraction of sp³-hybridized carbons (Fsp3) is 0.467. The lowest BCUT2D eigenvalue weighted by molar-refractivity contribution is 0.158. The van der Waals surface area contributed by atoms with Gasteiger partial charge in [0.05, 0.1) is 5.69 Å². The topological polar surface area (TPSA) is 44.8 Å². The first kappa shape index (κ1) is 12.4. The first-order valence-electron chi connectivity index (χ1n) is 6.88. The van der Waals surface area contributed by atoms with Crippen LogP contribution in [-0.4, -0.2) is 33.2 Å². The third-order valence-corrected chi connectivity index (χ3v) is 4.22. The van der Waals surface area contributed by atoms with Crippen LogP contribution in [0.4, 0.5) is 0 Å². The van der Waals surface area contributed by atoms with E-state index in [1.54, 1.807) is 0 Å². The highest BCUT2D eigenvalue weighted by molar-refractivity contribution is 5.15. The third kappa shape index (κ3) is 2.68. The fourth-order valence-corrected chi connectivity index (χ4v) is 2.79. The molecule has 4 heteroatoms. The molecular weight excluding hydrogens is 236 g/mol. The standard InChI is InChI=1S/C15H20N4/c1-15(14-5-9-17-18-14)6-10-19(11-7-15)12-13-4-2-3-8-16-13/h2-5,8-9H,6-7,10-12H2,1H3,(H,17,18). The van der Waals surface area contributed by atoms with Gasteiger partial charge in [-0.05, 0) is 44.1 Å². The molecule has 0 aliphatic carbocycles. The molecular formula is C15H20N4. The van der Waals surface area contributed by atoms with Crippen molar-refractivity contribution in [2.24, 2.45) is 0 Å². The SMILES string of the molecule is CC1(c2ccn[nH]2)CCN(Cc2ccccn2)CC1. The Morgan fingerprint density at radius 1 is 1.21 bits per heavy atom. The smallest absolute Gasteiger partial charge is 0.0543 e. The normalized spacial score (nSPS) is 19.4. The summed E-state index contributed by atoms with van der Waals surface area (Å²) in [4.78, 5) is 6.89. The quantitative estimate of drug-likeness (QED) is 0.917. The van der Waals surface area contributed by atoms with Gasteiger partial charge in [0, 0.05) is 30.0 Å². The van der Waals surface area contributed by atoms with Gasteiger partial charge in [0.2, 0.25) is 0 Å². The van der Waals surface area contributed by atoms with Crippen LogP contribution in [0.1, 0.15) is 31.2 Å². The largest absolute Gasteiger partial charge is 0.297 e. The molecule has 0 amide bonds. The summed E-state index contributed by atoms with van der Waals surface area (Å²) in [5, 5.41) is 7.21. The van der Waals surface area contributed by atoms with Crippen molar-refractivity contribution in [3.63, 3.8) is 0 Å². The summed E-state index contributed by atoms with van der Waals surface area (Å²) in [7, 11) is 0. The van der Waals surface area contributed by atoms with Gasteiger partial charge in [-0.1, -0.05) is 13.0 Å². The molecule has 1 N–H and O–H groups in total. The summed E-state index contributed by atoms with van der Waals surface area (Å²) in [6, 6.07) is 8.23.